The predicted octanol–water partition coefficient (Wildman–Crippen LogP) is 2.44. The van der Waals surface area contributed by atoms with E-state index in [1.165, 1.54) is 0 Å². The maximum Gasteiger partial charge on any atom is 0.287 e. The molecule has 0 radical (unpaired) electrons. The highest BCUT2D eigenvalue weighted by Crippen LogP contribution is 2.20. The van der Waals surface area contributed by atoms with Crippen molar-refractivity contribution in [1.82, 2.24) is 5.32 Å². The van der Waals surface area contributed by atoms with E-state index in [0.717, 1.165) is 19.3 Å². The molecule has 4 heteroatoms. The maximum absolute atomic E-state index is 12.0. The molecule has 0 fully saturated rings. The Morgan fingerprint density at radius 3 is 2.29 bits per heavy atom. The van der Waals surface area contributed by atoms with Crippen molar-refractivity contribution in [3.63, 3.8) is 0 Å². The summed E-state index contributed by atoms with van der Waals surface area (Å²) >= 11 is 0. The van der Waals surface area contributed by atoms with E-state index in [9.17, 15) is 4.79 Å². The smallest absolute Gasteiger partial charge is 0.287 e. The number of amides is 1. The number of nitrogens with two attached hydrogens (primary N) is 1. The zero-order valence-corrected chi connectivity index (χ0v) is 10.9. The summed E-state index contributed by atoms with van der Waals surface area (Å²) < 4.78 is 5.34. The summed E-state index contributed by atoms with van der Waals surface area (Å²) in [4.78, 5) is 12.0. The van der Waals surface area contributed by atoms with E-state index < -0.39 is 0 Å². The van der Waals surface area contributed by atoms with Gasteiger partial charge in [0.05, 0.1) is 6.54 Å². The van der Waals surface area contributed by atoms with E-state index in [1.54, 1.807) is 12.1 Å². The van der Waals surface area contributed by atoms with Crippen LogP contribution in [-0.2, 0) is 6.54 Å². The lowest BCUT2D eigenvalue weighted by molar-refractivity contribution is 0.0857. The van der Waals surface area contributed by atoms with Crippen molar-refractivity contribution < 1.29 is 9.21 Å². The molecule has 0 unspecified atom stereocenters. The number of hydrogen-bond donors (Lipinski definition) is 2. The highest BCUT2D eigenvalue weighted by atomic mass is 16.4. The number of carbonyl (C=O) groups excluding carboxylic acids is 1. The molecule has 0 aliphatic rings. The fourth-order valence-corrected chi connectivity index (χ4v) is 1.93. The van der Waals surface area contributed by atoms with Gasteiger partial charge in [0.25, 0.3) is 5.91 Å². The Kier molecular flexibility index (Phi) is 4.75. The van der Waals surface area contributed by atoms with Crippen molar-refractivity contribution in [1.29, 1.82) is 0 Å². The van der Waals surface area contributed by atoms with Crippen molar-refractivity contribution in [2.24, 2.45) is 5.73 Å². The Hall–Kier alpha value is -1.29. The largest absolute Gasteiger partial charge is 0.455 e. The molecule has 96 valence electrons. The third-order valence-corrected chi connectivity index (χ3v) is 3.50. The molecule has 17 heavy (non-hydrogen) atoms. The predicted molar refractivity (Wildman–Crippen MR) is 67.7 cm³/mol. The minimum atomic E-state index is -0.157. The summed E-state index contributed by atoms with van der Waals surface area (Å²) in [5.41, 5.74) is 5.31. The fraction of sp³-hybridized carbons (Fsp3) is 0.615. The van der Waals surface area contributed by atoms with Gasteiger partial charge in [-0.2, -0.15) is 0 Å². The second-order valence-corrected chi connectivity index (χ2v) is 4.27. The molecule has 4 nitrogen and oxygen atoms in total. The van der Waals surface area contributed by atoms with Crippen LogP contribution in [0.25, 0.3) is 0 Å². The Morgan fingerprint density at radius 1 is 1.29 bits per heavy atom. The summed E-state index contributed by atoms with van der Waals surface area (Å²) in [7, 11) is 0. The van der Waals surface area contributed by atoms with Gasteiger partial charge in [0.1, 0.15) is 5.76 Å². The number of carbonyl (C=O) groups is 1. The average Bonchev–Trinajstić information content (AvgIpc) is 2.85. The van der Waals surface area contributed by atoms with Gasteiger partial charge in [0.15, 0.2) is 5.76 Å². The normalized spacial score (nSPS) is 11.5. The highest BCUT2D eigenvalue weighted by molar-refractivity contribution is 5.92. The van der Waals surface area contributed by atoms with Crippen LogP contribution in [0, 0.1) is 0 Å². The van der Waals surface area contributed by atoms with Crippen LogP contribution in [0.5, 0.6) is 0 Å². The summed E-state index contributed by atoms with van der Waals surface area (Å²) in [6.45, 7) is 6.57. The summed E-state index contributed by atoms with van der Waals surface area (Å²) in [5.74, 6) is 0.811. The molecule has 0 aliphatic carbocycles. The number of furan rings is 1. The van der Waals surface area contributed by atoms with E-state index in [-0.39, 0.29) is 11.4 Å². The molecule has 3 N–H and O–H groups in total. The monoisotopic (exact) mass is 238 g/mol. The molecule has 0 aromatic carbocycles. The standard InChI is InChI=1S/C13H22N2O2/c1-4-13(5-2,6-3)15-12(16)11-8-7-10(9-14)17-11/h7-8H,4-6,9,14H2,1-3H3,(H,15,16). The summed E-state index contributed by atoms with van der Waals surface area (Å²) in [5, 5.41) is 3.06. The van der Waals surface area contributed by atoms with Gasteiger partial charge in [-0.3, -0.25) is 4.79 Å². The van der Waals surface area contributed by atoms with Gasteiger partial charge in [0.2, 0.25) is 0 Å². The van der Waals surface area contributed by atoms with Gasteiger partial charge in [0, 0.05) is 5.54 Å². The van der Waals surface area contributed by atoms with Crippen molar-refractivity contribution in [2.75, 3.05) is 0 Å². The topological polar surface area (TPSA) is 68.3 Å². The van der Waals surface area contributed by atoms with Crippen molar-refractivity contribution in [3.05, 3.63) is 23.7 Å². The lowest BCUT2D eigenvalue weighted by atomic mass is 9.90. The fourth-order valence-electron chi connectivity index (χ4n) is 1.93. The Labute approximate surface area is 103 Å². The molecule has 1 aromatic heterocycles. The van der Waals surface area contributed by atoms with Gasteiger partial charge in [-0.25, -0.2) is 0 Å². The molecule has 0 bridgehead atoms. The Morgan fingerprint density at radius 2 is 1.88 bits per heavy atom. The first-order valence-electron chi connectivity index (χ1n) is 6.22. The molecule has 0 saturated heterocycles. The molecule has 1 amide bonds. The molecule has 0 spiro atoms. The first-order chi connectivity index (χ1) is 8.10. The average molecular weight is 238 g/mol. The second-order valence-electron chi connectivity index (χ2n) is 4.27. The lowest BCUT2D eigenvalue weighted by Crippen LogP contribution is -2.47. The Bertz CT molecular complexity index is 359. The van der Waals surface area contributed by atoms with Crippen LogP contribution in [0.1, 0.15) is 56.3 Å². The van der Waals surface area contributed by atoms with Gasteiger partial charge >= 0.3 is 0 Å². The molecular weight excluding hydrogens is 216 g/mol. The Balaban J connectivity index is 2.77. The first-order valence-corrected chi connectivity index (χ1v) is 6.22. The summed E-state index contributed by atoms with van der Waals surface area (Å²) in [6, 6.07) is 3.41. The van der Waals surface area contributed by atoms with Crippen LogP contribution in [-0.4, -0.2) is 11.4 Å². The van der Waals surface area contributed by atoms with E-state index >= 15 is 0 Å². The molecule has 1 heterocycles. The van der Waals surface area contributed by atoms with Crippen LogP contribution in [0.15, 0.2) is 16.5 Å². The van der Waals surface area contributed by atoms with E-state index in [0.29, 0.717) is 18.1 Å². The zero-order valence-electron chi connectivity index (χ0n) is 10.9. The second kappa shape index (κ2) is 5.87. The van der Waals surface area contributed by atoms with Crippen LogP contribution >= 0.6 is 0 Å². The van der Waals surface area contributed by atoms with E-state index in [1.807, 2.05) is 0 Å². The quantitative estimate of drug-likeness (QED) is 0.799. The minimum Gasteiger partial charge on any atom is -0.455 e. The first kappa shape index (κ1) is 13.8. The van der Waals surface area contributed by atoms with Crippen LogP contribution < -0.4 is 11.1 Å². The molecule has 1 rings (SSSR count). The minimum absolute atomic E-state index is 0.132. The van der Waals surface area contributed by atoms with Gasteiger partial charge in [-0.05, 0) is 31.4 Å². The molecule has 0 atom stereocenters. The van der Waals surface area contributed by atoms with Gasteiger partial charge < -0.3 is 15.5 Å². The molecular formula is C13H22N2O2. The number of nitrogens with one attached hydrogen (secondary N) is 1. The molecule has 1 aromatic rings. The van der Waals surface area contributed by atoms with E-state index in [2.05, 4.69) is 26.1 Å². The molecule has 0 saturated carbocycles. The third kappa shape index (κ3) is 3.09. The maximum atomic E-state index is 12.0. The molecule has 0 aliphatic heterocycles. The number of hydrogen-bond acceptors (Lipinski definition) is 3. The lowest BCUT2D eigenvalue weighted by Gasteiger charge is -2.31. The van der Waals surface area contributed by atoms with Crippen LogP contribution in [0.2, 0.25) is 0 Å². The van der Waals surface area contributed by atoms with Crippen molar-refractivity contribution in [2.45, 2.75) is 52.1 Å². The number of rotatable bonds is 6. The van der Waals surface area contributed by atoms with Crippen LogP contribution in [0.4, 0.5) is 0 Å². The van der Waals surface area contributed by atoms with Gasteiger partial charge in [-0.15, -0.1) is 0 Å². The van der Waals surface area contributed by atoms with Crippen molar-refractivity contribution in [3.8, 4) is 0 Å². The van der Waals surface area contributed by atoms with Crippen LogP contribution in [0.3, 0.4) is 0 Å². The van der Waals surface area contributed by atoms with E-state index in [4.69, 9.17) is 10.2 Å². The highest BCUT2D eigenvalue weighted by Gasteiger charge is 2.27. The van der Waals surface area contributed by atoms with Crippen molar-refractivity contribution >= 4 is 5.91 Å². The summed E-state index contributed by atoms with van der Waals surface area (Å²) in [6.07, 6.45) is 2.74. The SMILES string of the molecule is CCC(CC)(CC)NC(=O)c1ccc(CN)o1. The zero-order chi connectivity index (χ0) is 12.9. The van der Waals surface area contributed by atoms with Gasteiger partial charge in [-0.1, -0.05) is 20.8 Å². The third-order valence-electron chi connectivity index (χ3n) is 3.50.